The average molecular weight is 305 g/mol. The summed E-state index contributed by atoms with van der Waals surface area (Å²) in [5.74, 6) is -0.138. The summed E-state index contributed by atoms with van der Waals surface area (Å²) in [5.41, 5.74) is 0.827. The van der Waals surface area contributed by atoms with Gasteiger partial charge in [-0.2, -0.15) is 0 Å². The van der Waals surface area contributed by atoms with Gasteiger partial charge in [-0.05, 0) is 6.07 Å². The summed E-state index contributed by atoms with van der Waals surface area (Å²) < 4.78 is 1.52. The number of nitrogens with one attached hydrogen (secondary N) is 1. The van der Waals surface area contributed by atoms with Gasteiger partial charge in [0.15, 0.2) is 5.13 Å². The predicted molar refractivity (Wildman–Crippen MR) is 84.8 cm³/mol. The summed E-state index contributed by atoms with van der Waals surface area (Å²) in [4.78, 5) is 27.8. The number of hydrogen-bond donors (Lipinski definition) is 1. The third-order valence-corrected chi connectivity index (χ3v) is 3.76. The van der Waals surface area contributed by atoms with Gasteiger partial charge in [-0.3, -0.25) is 9.59 Å². The Labute approximate surface area is 127 Å². The normalized spacial score (nSPS) is 11.4. The molecule has 0 atom stereocenters. The van der Waals surface area contributed by atoms with Crippen molar-refractivity contribution in [2.45, 2.75) is 39.2 Å². The first kappa shape index (κ1) is 15.4. The molecule has 2 aromatic rings. The highest BCUT2D eigenvalue weighted by Crippen LogP contribution is 2.26. The van der Waals surface area contributed by atoms with Gasteiger partial charge >= 0.3 is 0 Å². The molecule has 1 N–H and O–H groups in total. The fraction of sp³-hybridized carbons (Fsp3) is 0.400. The Kier molecular flexibility index (Phi) is 4.57. The van der Waals surface area contributed by atoms with E-state index in [1.165, 1.54) is 22.0 Å². The smallest absolute Gasteiger partial charge is 0.250 e. The Hall–Kier alpha value is -1.95. The van der Waals surface area contributed by atoms with Crippen LogP contribution < -0.4 is 10.9 Å². The van der Waals surface area contributed by atoms with E-state index in [-0.39, 0.29) is 23.3 Å². The molecule has 0 radical (unpaired) electrons. The van der Waals surface area contributed by atoms with E-state index in [1.54, 1.807) is 18.3 Å². The number of rotatable bonds is 4. The number of aromatic nitrogens is 2. The summed E-state index contributed by atoms with van der Waals surface area (Å²) in [6.07, 6.45) is 1.92. The van der Waals surface area contributed by atoms with Gasteiger partial charge in [0, 0.05) is 36.0 Å². The van der Waals surface area contributed by atoms with Crippen LogP contribution in [0.25, 0.3) is 0 Å². The molecule has 0 aliphatic carbocycles. The second kappa shape index (κ2) is 6.22. The largest absolute Gasteiger partial charge is 0.315 e. The van der Waals surface area contributed by atoms with Crippen molar-refractivity contribution in [1.82, 2.24) is 9.55 Å². The molecule has 0 unspecified atom stereocenters. The van der Waals surface area contributed by atoms with Crippen LogP contribution in [0.15, 0.2) is 34.6 Å². The lowest BCUT2D eigenvalue weighted by atomic mass is 9.93. The van der Waals surface area contributed by atoms with Crippen LogP contribution in [0, 0.1) is 0 Å². The molecule has 0 aliphatic rings. The van der Waals surface area contributed by atoms with E-state index < -0.39 is 0 Å². The Balaban J connectivity index is 1.92. The van der Waals surface area contributed by atoms with E-state index >= 15 is 0 Å². The monoisotopic (exact) mass is 305 g/mol. The van der Waals surface area contributed by atoms with Crippen LogP contribution in [0.5, 0.6) is 0 Å². The van der Waals surface area contributed by atoms with Crippen molar-refractivity contribution in [3.05, 3.63) is 45.8 Å². The van der Waals surface area contributed by atoms with Crippen LogP contribution >= 0.6 is 11.3 Å². The Morgan fingerprint density at radius 2 is 2.14 bits per heavy atom. The molecule has 2 aromatic heterocycles. The highest BCUT2D eigenvalue weighted by atomic mass is 32.1. The highest BCUT2D eigenvalue weighted by Gasteiger charge is 2.18. The van der Waals surface area contributed by atoms with Gasteiger partial charge in [-0.15, -0.1) is 11.3 Å². The number of nitrogens with zero attached hydrogens (tertiary/aromatic N) is 2. The van der Waals surface area contributed by atoms with E-state index in [2.05, 4.69) is 31.1 Å². The number of carbonyl (C=O) groups is 1. The molecular formula is C15H19N3O2S. The van der Waals surface area contributed by atoms with E-state index in [1.807, 2.05) is 5.38 Å². The maximum absolute atomic E-state index is 11.9. The van der Waals surface area contributed by atoms with Crippen molar-refractivity contribution >= 4 is 22.4 Å². The number of amides is 1. The molecule has 5 nitrogen and oxygen atoms in total. The summed E-state index contributed by atoms with van der Waals surface area (Å²) in [7, 11) is 0. The van der Waals surface area contributed by atoms with Gasteiger partial charge < -0.3 is 9.88 Å². The SMILES string of the molecule is CC(C)(C)c1csc(NC(=O)CCn2ccccc2=O)n1. The van der Waals surface area contributed by atoms with Crippen LogP contribution in [0.2, 0.25) is 0 Å². The fourth-order valence-electron chi connectivity index (χ4n) is 1.72. The summed E-state index contributed by atoms with van der Waals surface area (Å²) in [6.45, 7) is 6.60. The molecule has 0 fully saturated rings. The average Bonchev–Trinajstić information content (AvgIpc) is 2.86. The van der Waals surface area contributed by atoms with Gasteiger partial charge in [0.2, 0.25) is 5.91 Å². The van der Waals surface area contributed by atoms with Crippen LogP contribution in [0.3, 0.4) is 0 Å². The zero-order valence-corrected chi connectivity index (χ0v) is 13.2. The molecule has 2 heterocycles. The molecule has 112 valence electrons. The molecular weight excluding hydrogens is 286 g/mol. The topological polar surface area (TPSA) is 64.0 Å². The van der Waals surface area contributed by atoms with Gasteiger partial charge in [-0.25, -0.2) is 4.98 Å². The lowest BCUT2D eigenvalue weighted by molar-refractivity contribution is -0.116. The first-order chi connectivity index (χ1) is 9.86. The van der Waals surface area contributed by atoms with Crippen molar-refractivity contribution in [2.24, 2.45) is 0 Å². The van der Waals surface area contributed by atoms with E-state index in [4.69, 9.17) is 0 Å². The zero-order chi connectivity index (χ0) is 15.5. The second-order valence-electron chi connectivity index (χ2n) is 5.82. The third kappa shape index (κ3) is 4.26. The molecule has 2 rings (SSSR count). The Morgan fingerprint density at radius 3 is 2.76 bits per heavy atom. The van der Waals surface area contributed by atoms with Crippen molar-refractivity contribution < 1.29 is 4.79 Å². The van der Waals surface area contributed by atoms with Crippen LogP contribution in [-0.2, 0) is 16.8 Å². The standard InChI is InChI=1S/C15H19N3O2S/c1-15(2,3)11-10-21-14(16-11)17-12(19)7-9-18-8-5-4-6-13(18)20/h4-6,8,10H,7,9H2,1-3H3,(H,16,17,19). The van der Waals surface area contributed by atoms with Gasteiger partial charge in [0.1, 0.15) is 0 Å². The van der Waals surface area contributed by atoms with Crippen LogP contribution in [0.4, 0.5) is 5.13 Å². The van der Waals surface area contributed by atoms with Gasteiger partial charge in [-0.1, -0.05) is 26.8 Å². The minimum Gasteiger partial charge on any atom is -0.315 e. The minimum absolute atomic E-state index is 0.0309. The second-order valence-corrected chi connectivity index (χ2v) is 6.68. The Bertz CT molecular complexity index is 682. The molecule has 0 aromatic carbocycles. The number of thiazole rings is 1. The number of aryl methyl sites for hydroxylation is 1. The highest BCUT2D eigenvalue weighted by molar-refractivity contribution is 7.13. The van der Waals surface area contributed by atoms with Crippen molar-refractivity contribution in [3.8, 4) is 0 Å². The summed E-state index contributed by atoms with van der Waals surface area (Å²) in [6, 6.07) is 4.94. The number of pyridine rings is 1. The maximum atomic E-state index is 11.9. The van der Waals surface area contributed by atoms with Crippen LogP contribution in [0.1, 0.15) is 32.9 Å². The molecule has 0 bridgehead atoms. The summed E-state index contributed by atoms with van der Waals surface area (Å²) >= 11 is 1.42. The zero-order valence-electron chi connectivity index (χ0n) is 12.4. The maximum Gasteiger partial charge on any atom is 0.250 e. The molecule has 1 amide bonds. The van der Waals surface area contributed by atoms with Crippen molar-refractivity contribution in [1.29, 1.82) is 0 Å². The van der Waals surface area contributed by atoms with E-state index in [0.717, 1.165) is 5.69 Å². The molecule has 0 saturated carbocycles. The molecule has 21 heavy (non-hydrogen) atoms. The first-order valence-electron chi connectivity index (χ1n) is 6.77. The third-order valence-electron chi connectivity index (χ3n) is 3.00. The predicted octanol–water partition coefficient (Wildman–Crippen LogP) is 2.63. The van der Waals surface area contributed by atoms with Crippen molar-refractivity contribution in [3.63, 3.8) is 0 Å². The number of hydrogen-bond acceptors (Lipinski definition) is 4. The number of anilines is 1. The Morgan fingerprint density at radius 1 is 1.38 bits per heavy atom. The lowest BCUT2D eigenvalue weighted by Gasteiger charge is -2.14. The fourth-order valence-corrected chi connectivity index (χ4v) is 2.68. The van der Waals surface area contributed by atoms with E-state index in [0.29, 0.717) is 11.7 Å². The molecule has 0 aliphatic heterocycles. The first-order valence-corrected chi connectivity index (χ1v) is 7.65. The quantitative estimate of drug-likeness (QED) is 0.944. The van der Waals surface area contributed by atoms with E-state index in [9.17, 15) is 9.59 Å². The van der Waals surface area contributed by atoms with Gasteiger partial charge in [0.25, 0.3) is 5.56 Å². The molecule has 0 spiro atoms. The molecule has 6 heteroatoms. The van der Waals surface area contributed by atoms with Crippen molar-refractivity contribution in [2.75, 3.05) is 5.32 Å². The van der Waals surface area contributed by atoms with Gasteiger partial charge in [0.05, 0.1) is 5.69 Å². The summed E-state index contributed by atoms with van der Waals surface area (Å²) in [5, 5.41) is 5.34. The van der Waals surface area contributed by atoms with Crippen LogP contribution in [-0.4, -0.2) is 15.5 Å². The lowest BCUT2D eigenvalue weighted by Crippen LogP contribution is -2.21. The minimum atomic E-state index is -0.138. The number of carbonyl (C=O) groups excluding carboxylic acids is 1. The molecule has 0 saturated heterocycles.